The highest BCUT2D eigenvalue weighted by Crippen LogP contribution is 2.27. The van der Waals surface area contributed by atoms with Gasteiger partial charge in [0, 0.05) is 32.2 Å². The predicted octanol–water partition coefficient (Wildman–Crippen LogP) is 2.44. The molecule has 2 atom stereocenters. The predicted molar refractivity (Wildman–Crippen MR) is 97.0 cm³/mol. The molecular weight excluding hydrogens is 363 g/mol. The van der Waals surface area contributed by atoms with Crippen LogP contribution in [0.5, 0.6) is 0 Å². The normalized spacial score (nSPS) is 25.8. The van der Waals surface area contributed by atoms with E-state index in [1.165, 1.54) is 38.6 Å². The first kappa shape index (κ1) is 18.0. The van der Waals surface area contributed by atoms with Crippen LogP contribution in [0.15, 0.2) is 4.99 Å². The fourth-order valence-electron chi connectivity index (χ4n) is 2.92. The summed E-state index contributed by atoms with van der Waals surface area (Å²) in [6.45, 7) is 7.99. The van der Waals surface area contributed by atoms with Crippen LogP contribution in [0.3, 0.4) is 0 Å². The number of hydrogen-bond donors (Lipinski definition) is 2. The summed E-state index contributed by atoms with van der Waals surface area (Å²) in [4.78, 5) is 6.93. The van der Waals surface area contributed by atoms with Gasteiger partial charge in [0.1, 0.15) is 0 Å². The summed E-state index contributed by atoms with van der Waals surface area (Å²) in [6.07, 6.45) is 6.85. The van der Waals surface area contributed by atoms with E-state index in [0.717, 1.165) is 31.0 Å². The molecule has 0 aromatic heterocycles. The molecule has 0 spiro atoms. The average molecular weight is 394 g/mol. The van der Waals surface area contributed by atoms with Gasteiger partial charge in [0.15, 0.2) is 5.96 Å². The number of hydrogen-bond acceptors (Lipinski definition) is 2. The Bertz CT molecular complexity index is 304. The van der Waals surface area contributed by atoms with Crippen molar-refractivity contribution in [3.63, 3.8) is 0 Å². The molecule has 4 nitrogen and oxygen atoms in total. The second-order valence-corrected chi connectivity index (χ2v) is 6.21. The fraction of sp³-hybridized carbons (Fsp3) is 0.933. The van der Waals surface area contributed by atoms with Crippen LogP contribution in [0.25, 0.3) is 0 Å². The summed E-state index contributed by atoms with van der Waals surface area (Å²) in [5.74, 6) is 1.85. The first-order chi connectivity index (χ1) is 9.20. The Hall–Kier alpha value is -0.0400. The highest BCUT2D eigenvalue weighted by atomic mass is 127. The second kappa shape index (κ2) is 9.07. The fourth-order valence-corrected chi connectivity index (χ4v) is 2.92. The average Bonchev–Trinajstić information content (AvgIpc) is 3.23. The molecule has 2 fully saturated rings. The summed E-state index contributed by atoms with van der Waals surface area (Å²) in [6, 6.07) is 1.31. The summed E-state index contributed by atoms with van der Waals surface area (Å²) >= 11 is 0. The number of guanidine groups is 1. The third-order valence-corrected chi connectivity index (χ3v) is 4.46. The van der Waals surface area contributed by atoms with Gasteiger partial charge in [-0.25, -0.2) is 0 Å². The molecule has 5 heteroatoms. The molecule has 2 unspecified atom stereocenters. The Labute approximate surface area is 141 Å². The maximum absolute atomic E-state index is 4.30. The first-order valence-corrected chi connectivity index (χ1v) is 7.91. The SMILES string of the molecule is CN=C(NCC1CC1)NCC(C)N1CCCCC1C.I. The zero-order chi connectivity index (χ0) is 13.7. The van der Waals surface area contributed by atoms with Gasteiger partial charge in [-0.3, -0.25) is 9.89 Å². The largest absolute Gasteiger partial charge is 0.356 e. The van der Waals surface area contributed by atoms with Gasteiger partial charge < -0.3 is 10.6 Å². The van der Waals surface area contributed by atoms with Gasteiger partial charge in [0.2, 0.25) is 0 Å². The Kier molecular flexibility index (Phi) is 8.17. The molecule has 1 saturated carbocycles. The van der Waals surface area contributed by atoms with Gasteiger partial charge in [0.05, 0.1) is 0 Å². The molecule has 0 amide bonds. The minimum atomic E-state index is 0. The number of nitrogens with one attached hydrogen (secondary N) is 2. The summed E-state index contributed by atoms with van der Waals surface area (Å²) in [7, 11) is 1.86. The number of likely N-dealkylation sites (tertiary alicyclic amines) is 1. The molecule has 0 bridgehead atoms. The van der Waals surface area contributed by atoms with E-state index in [4.69, 9.17) is 0 Å². The number of nitrogens with zero attached hydrogens (tertiary/aromatic N) is 2. The smallest absolute Gasteiger partial charge is 0.191 e. The molecule has 2 N–H and O–H groups in total. The van der Waals surface area contributed by atoms with Gasteiger partial charge in [-0.05, 0) is 52.0 Å². The van der Waals surface area contributed by atoms with Crippen molar-refractivity contribution in [2.75, 3.05) is 26.7 Å². The van der Waals surface area contributed by atoms with Gasteiger partial charge in [-0.1, -0.05) is 6.42 Å². The van der Waals surface area contributed by atoms with Crippen LogP contribution >= 0.6 is 24.0 Å². The summed E-state index contributed by atoms with van der Waals surface area (Å²) in [5, 5.41) is 6.89. The lowest BCUT2D eigenvalue weighted by atomic mass is 10.0. The molecule has 1 aliphatic carbocycles. The van der Waals surface area contributed by atoms with Crippen LogP contribution in [-0.2, 0) is 0 Å². The molecule has 2 rings (SSSR count). The van der Waals surface area contributed by atoms with E-state index in [1.54, 1.807) is 0 Å². The minimum Gasteiger partial charge on any atom is -0.356 e. The first-order valence-electron chi connectivity index (χ1n) is 7.91. The van der Waals surface area contributed by atoms with Crippen molar-refractivity contribution in [1.29, 1.82) is 0 Å². The summed E-state index contributed by atoms with van der Waals surface area (Å²) in [5.41, 5.74) is 0. The molecule has 0 aromatic rings. The van der Waals surface area contributed by atoms with Crippen LogP contribution in [0, 0.1) is 5.92 Å². The lowest BCUT2D eigenvalue weighted by molar-refractivity contribution is 0.115. The zero-order valence-corrected chi connectivity index (χ0v) is 15.5. The van der Waals surface area contributed by atoms with E-state index in [2.05, 4.69) is 34.4 Å². The van der Waals surface area contributed by atoms with Crippen molar-refractivity contribution in [2.45, 2.75) is 58.0 Å². The molecule has 2 aliphatic rings. The van der Waals surface area contributed by atoms with Crippen molar-refractivity contribution in [2.24, 2.45) is 10.9 Å². The number of halogens is 1. The molecule has 1 saturated heterocycles. The quantitative estimate of drug-likeness (QED) is 0.428. The standard InChI is InChI=1S/C15H30N4.HI/c1-12-6-4-5-9-19(12)13(2)10-17-15(16-3)18-11-14-7-8-14;/h12-14H,4-11H2,1-3H3,(H2,16,17,18);1H. The Morgan fingerprint density at radius 3 is 2.60 bits per heavy atom. The highest BCUT2D eigenvalue weighted by molar-refractivity contribution is 14.0. The van der Waals surface area contributed by atoms with Gasteiger partial charge >= 0.3 is 0 Å². The number of aliphatic imine (C=N–C) groups is 1. The topological polar surface area (TPSA) is 39.7 Å². The van der Waals surface area contributed by atoms with Crippen molar-refractivity contribution in [3.8, 4) is 0 Å². The van der Waals surface area contributed by atoms with E-state index in [1.807, 2.05) is 7.05 Å². The highest BCUT2D eigenvalue weighted by Gasteiger charge is 2.23. The Morgan fingerprint density at radius 2 is 2.00 bits per heavy atom. The Morgan fingerprint density at radius 1 is 1.25 bits per heavy atom. The van der Waals surface area contributed by atoms with Crippen LogP contribution in [0.2, 0.25) is 0 Å². The van der Waals surface area contributed by atoms with E-state index in [-0.39, 0.29) is 24.0 Å². The molecule has 20 heavy (non-hydrogen) atoms. The molecule has 1 aliphatic heterocycles. The van der Waals surface area contributed by atoms with Gasteiger partial charge in [-0.15, -0.1) is 24.0 Å². The van der Waals surface area contributed by atoms with E-state index >= 15 is 0 Å². The molecule has 0 aromatic carbocycles. The van der Waals surface area contributed by atoms with Crippen molar-refractivity contribution < 1.29 is 0 Å². The van der Waals surface area contributed by atoms with Gasteiger partial charge in [0.25, 0.3) is 0 Å². The van der Waals surface area contributed by atoms with Crippen LogP contribution in [0.4, 0.5) is 0 Å². The van der Waals surface area contributed by atoms with Gasteiger partial charge in [-0.2, -0.15) is 0 Å². The van der Waals surface area contributed by atoms with E-state index in [9.17, 15) is 0 Å². The van der Waals surface area contributed by atoms with Crippen molar-refractivity contribution in [3.05, 3.63) is 0 Å². The third-order valence-electron chi connectivity index (χ3n) is 4.46. The minimum absolute atomic E-state index is 0. The second-order valence-electron chi connectivity index (χ2n) is 6.21. The zero-order valence-electron chi connectivity index (χ0n) is 13.2. The third kappa shape index (κ3) is 5.76. The van der Waals surface area contributed by atoms with E-state index < -0.39 is 0 Å². The molecule has 1 heterocycles. The molecule has 118 valence electrons. The van der Waals surface area contributed by atoms with Crippen molar-refractivity contribution in [1.82, 2.24) is 15.5 Å². The maximum atomic E-state index is 4.30. The summed E-state index contributed by atoms with van der Waals surface area (Å²) < 4.78 is 0. The van der Waals surface area contributed by atoms with E-state index in [0.29, 0.717) is 6.04 Å². The maximum Gasteiger partial charge on any atom is 0.191 e. The Balaban J connectivity index is 0.00000200. The van der Waals surface area contributed by atoms with Crippen LogP contribution in [0.1, 0.15) is 46.0 Å². The molecular formula is C15H31IN4. The van der Waals surface area contributed by atoms with Crippen LogP contribution in [-0.4, -0.2) is 49.6 Å². The number of piperidine rings is 1. The lowest BCUT2D eigenvalue weighted by Gasteiger charge is -2.38. The monoisotopic (exact) mass is 394 g/mol. The molecule has 0 radical (unpaired) electrons. The lowest BCUT2D eigenvalue weighted by Crippen LogP contribution is -2.50. The van der Waals surface area contributed by atoms with Crippen molar-refractivity contribution >= 4 is 29.9 Å². The number of rotatable bonds is 5. The van der Waals surface area contributed by atoms with Crippen LogP contribution < -0.4 is 10.6 Å².